The van der Waals surface area contributed by atoms with E-state index < -0.39 is 0 Å². The van der Waals surface area contributed by atoms with Crippen molar-refractivity contribution in [1.29, 1.82) is 0 Å². The van der Waals surface area contributed by atoms with Gasteiger partial charge >= 0.3 is 0 Å². The second kappa shape index (κ2) is 4.35. The van der Waals surface area contributed by atoms with Crippen molar-refractivity contribution < 1.29 is 9.13 Å². The molecule has 0 unspecified atom stereocenters. The molecule has 0 aromatic carbocycles. The van der Waals surface area contributed by atoms with Crippen molar-refractivity contribution in [3.8, 4) is 5.88 Å². The monoisotopic (exact) mass is 224 g/mol. The molecule has 15 heavy (non-hydrogen) atoms. The number of aryl methyl sites for hydroxylation is 1. The number of thiazole rings is 1. The fourth-order valence-electron chi connectivity index (χ4n) is 1.05. The molecular weight excluding hydrogens is 215 g/mol. The van der Waals surface area contributed by atoms with Crippen molar-refractivity contribution in [3.05, 3.63) is 40.2 Å². The third-order valence-corrected chi connectivity index (χ3v) is 2.60. The summed E-state index contributed by atoms with van der Waals surface area (Å²) in [6.45, 7) is 2.04. The van der Waals surface area contributed by atoms with E-state index >= 15 is 0 Å². The van der Waals surface area contributed by atoms with Crippen LogP contribution < -0.4 is 4.74 Å². The first-order chi connectivity index (χ1) is 7.25. The maximum absolute atomic E-state index is 12.9. The molecule has 0 spiro atoms. The number of aromatic nitrogens is 2. The van der Waals surface area contributed by atoms with Gasteiger partial charge in [-0.2, -0.15) is 0 Å². The van der Waals surface area contributed by atoms with Gasteiger partial charge in [-0.1, -0.05) is 0 Å². The fraction of sp³-hybridized carbons (Fsp3) is 0.200. The molecule has 0 saturated carbocycles. The van der Waals surface area contributed by atoms with Crippen LogP contribution >= 0.6 is 11.3 Å². The predicted octanol–water partition coefficient (Wildman–Crippen LogP) is 2.56. The minimum absolute atomic E-state index is 0.323. The van der Waals surface area contributed by atoms with E-state index in [0.717, 1.165) is 11.2 Å². The Hall–Kier alpha value is -1.49. The highest BCUT2D eigenvalue weighted by Crippen LogP contribution is 2.14. The van der Waals surface area contributed by atoms with E-state index in [2.05, 4.69) is 9.97 Å². The lowest BCUT2D eigenvalue weighted by atomic mass is 10.3. The Morgan fingerprint density at radius 2 is 2.33 bits per heavy atom. The molecule has 0 fully saturated rings. The Labute approximate surface area is 90.6 Å². The van der Waals surface area contributed by atoms with Crippen molar-refractivity contribution in [3.63, 3.8) is 0 Å². The van der Waals surface area contributed by atoms with Gasteiger partial charge in [-0.3, -0.25) is 0 Å². The highest BCUT2D eigenvalue weighted by Gasteiger charge is 2.02. The second-order valence-electron chi connectivity index (χ2n) is 2.99. The molecule has 0 bridgehead atoms. The Balaban J connectivity index is 2.02. The molecule has 3 nitrogen and oxygen atoms in total. The van der Waals surface area contributed by atoms with E-state index in [1.807, 2.05) is 5.38 Å². The van der Waals surface area contributed by atoms with Gasteiger partial charge in [-0.15, -0.1) is 11.3 Å². The summed E-state index contributed by atoms with van der Waals surface area (Å²) >= 11 is 1.51. The summed E-state index contributed by atoms with van der Waals surface area (Å²) in [5.74, 6) is 0.0979. The maximum Gasteiger partial charge on any atom is 0.214 e. The van der Waals surface area contributed by atoms with Gasteiger partial charge in [0.2, 0.25) is 5.88 Å². The van der Waals surface area contributed by atoms with Gasteiger partial charge in [0.15, 0.2) is 0 Å². The quantitative estimate of drug-likeness (QED) is 0.803. The zero-order valence-electron chi connectivity index (χ0n) is 8.11. The van der Waals surface area contributed by atoms with E-state index in [0.29, 0.717) is 18.1 Å². The van der Waals surface area contributed by atoms with Gasteiger partial charge in [0.05, 0.1) is 6.20 Å². The average Bonchev–Trinajstić information content (AvgIpc) is 2.73. The summed E-state index contributed by atoms with van der Waals surface area (Å²) < 4.78 is 18.2. The fourth-order valence-corrected chi connectivity index (χ4v) is 1.58. The molecule has 2 rings (SSSR count). The lowest BCUT2D eigenvalue weighted by Gasteiger charge is -2.03. The molecule has 0 atom stereocenters. The van der Waals surface area contributed by atoms with Crippen molar-refractivity contribution in [2.24, 2.45) is 0 Å². The average molecular weight is 224 g/mol. The number of halogens is 1. The third-order valence-electron chi connectivity index (χ3n) is 1.85. The Morgan fingerprint density at radius 1 is 1.47 bits per heavy atom. The summed E-state index contributed by atoms with van der Waals surface area (Å²) in [6.07, 6.45) is 2.87. The SMILES string of the molecule is Cc1cc(OCc2nccs2)ncc1F. The number of rotatable bonds is 3. The molecule has 2 heterocycles. The van der Waals surface area contributed by atoms with Gasteiger partial charge < -0.3 is 4.74 Å². The van der Waals surface area contributed by atoms with Crippen LogP contribution in [0.2, 0.25) is 0 Å². The highest BCUT2D eigenvalue weighted by molar-refractivity contribution is 7.09. The minimum atomic E-state index is -0.323. The minimum Gasteiger partial charge on any atom is -0.470 e. The van der Waals surface area contributed by atoms with Crippen molar-refractivity contribution in [1.82, 2.24) is 9.97 Å². The van der Waals surface area contributed by atoms with Gasteiger partial charge in [-0.25, -0.2) is 14.4 Å². The third kappa shape index (κ3) is 2.50. The van der Waals surface area contributed by atoms with E-state index in [4.69, 9.17) is 4.74 Å². The summed E-state index contributed by atoms with van der Waals surface area (Å²) in [5, 5.41) is 2.75. The molecule has 2 aromatic rings. The number of hydrogen-bond acceptors (Lipinski definition) is 4. The van der Waals surface area contributed by atoms with Crippen molar-refractivity contribution >= 4 is 11.3 Å². The first kappa shape index (κ1) is 10.0. The van der Waals surface area contributed by atoms with Crippen LogP contribution in [0.3, 0.4) is 0 Å². The Kier molecular flexibility index (Phi) is 2.91. The number of hydrogen-bond donors (Lipinski definition) is 0. The van der Waals surface area contributed by atoms with Gasteiger partial charge in [-0.05, 0) is 12.5 Å². The van der Waals surface area contributed by atoms with Crippen LogP contribution in [0, 0.1) is 12.7 Å². The molecule has 0 aliphatic heterocycles. The lowest BCUT2D eigenvalue weighted by Crippen LogP contribution is -1.97. The van der Waals surface area contributed by atoms with Crippen LogP contribution in [-0.4, -0.2) is 9.97 Å². The van der Waals surface area contributed by atoms with Gasteiger partial charge in [0.1, 0.15) is 17.4 Å². The van der Waals surface area contributed by atoms with Gasteiger partial charge in [0, 0.05) is 17.6 Å². The molecule has 0 aliphatic rings. The van der Waals surface area contributed by atoms with E-state index in [-0.39, 0.29) is 5.82 Å². The van der Waals surface area contributed by atoms with Crippen molar-refractivity contribution in [2.75, 3.05) is 0 Å². The zero-order chi connectivity index (χ0) is 10.7. The van der Waals surface area contributed by atoms with E-state index in [1.165, 1.54) is 11.3 Å². The number of ether oxygens (including phenoxy) is 1. The molecule has 0 saturated heterocycles. The standard InChI is InChI=1S/C10H9FN2OS/c1-7-4-9(13-5-8(7)11)14-6-10-12-2-3-15-10/h2-5H,6H2,1H3. The van der Waals surface area contributed by atoms with Crippen LogP contribution in [0.4, 0.5) is 4.39 Å². The summed E-state index contributed by atoms with van der Waals surface area (Å²) in [7, 11) is 0. The summed E-state index contributed by atoms with van der Waals surface area (Å²) in [4.78, 5) is 7.88. The molecule has 0 amide bonds. The zero-order valence-corrected chi connectivity index (χ0v) is 8.92. The van der Waals surface area contributed by atoms with Crippen LogP contribution in [0.1, 0.15) is 10.6 Å². The van der Waals surface area contributed by atoms with Crippen molar-refractivity contribution in [2.45, 2.75) is 13.5 Å². The topological polar surface area (TPSA) is 35.0 Å². The summed E-state index contributed by atoms with van der Waals surface area (Å²) in [6, 6.07) is 1.57. The molecule has 5 heteroatoms. The molecule has 0 N–H and O–H groups in total. The Bertz CT molecular complexity index is 445. The molecular formula is C10H9FN2OS. The molecule has 78 valence electrons. The number of pyridine rings is 1. The second-order valence-corrected chi connectivity index (χ2v) is 3.97. The first-order valence-electron chi connectivity index (χ1n) is 4.39. The van der Waals surface area contributed by atoms with E-state index in [1.54, 1.807) is 19.2 Å². The molecule has 0 radical (unpaired) electrons. The molecule has 0 aliphatic carbocycles. The maximum atomic E-state index is 12.9. The summed E-state index contributed by atoms with van der Waals surface area (Å²) in [5.41, 5.74) is 0.527. The Morgan fingerprint density at radius 3 is 3.00 bits per heavy atom. The van der Waals surface area contributed by atoms with Crippen LogP contribution in [0.15, 0.2) is 23.8 Å². The largest absolute Gasteiger partial charge is 0.470 e. The normalized spacial score (nSPS) is 10.3. The smallest absolute Gasteiger partial charge is 0.214 e. The number of nitrogens with zero attached hydrogens (tertiary/aromatic N) is 2. The lowest BCUT2D eigenvalue weighted by molar-refractivity contribution is 0.292. The molecule has 2 aromatic heterocycles. The van der Waals surface area contributed by atoms with Gasteiger partial charge in [0.25, 0.3) is 0 Å². The van der Waals surface area contributed by atoms with Crippen LogP contribution in [-0.2, 0) is 6.61 Å². The van der Waals surface area contributed by atoms with Crippen LogP contribution in [0.5, 0.6) is 5.88 Å². The predicted molar refractivity (Wildman–Crippen MR) is 55.4 cm³/mol. The highest BCUT2D eigenvalue weighted by atomic mass is 32.1. The van der Waals surface area contributed by atoms with Crippen LogP contribution in [0.25, 0.3) is 0 Å². The van der Waals surface area contributed by atoms with E-state index in [9.17, 15) is 4.39 Å². The first-order valence-corrected chi connectivity index (χ1v) is 5.27.